The third-order valence-corrected chi connectivity index (χ3v) is 7.23. The van der Waals surface area contributed by atoms with E-state index in [1.165, 1.54) is 0 Å². The van der Waals surface area contributed by atoms with E-state index in [-0.39, 0.29) is 6.10 Å². The third-order valence-electron chi connectivity index (χ3n) is 5.17. The van der Waals surface area contributed by atoms with Crippen molar-refractivity contribution in [2.45, 2.75) is 36.2 Å². The van der Waals surface area contributed by atoms with Crippen LogP contribution in [0.5, 0.6) is 0 Å². The minimum Gasteiger partial charge on any atom is -0.399 e. The maximum absolute atomic E-state index is 12.8. The van der Waals surface area contributed by atoms with Crippen molar-refractivity contribution < 1.29 is 13.7 Å². The molecule has 0 saturated carbocycles. The largest absolute Gasteiger partial charge is 0.399 e. The second-order valence-corrected chi connectivity index (χ2v) is 9.85. The van der Waals surface area contributed by atoms with Gasteiger partial charge >= 0.3 is 0 Å². The predicted molar refractivity (Wildman–Crippen MR) is 123 cm³/mol. The normalized spacial score (nSPS) is 21.9. The van der Waals surface area contributed by atoms with E-state index in [0.29, 0.717) is 47.5 Å². The van der Waals surface area contributed by atoms with Gasteiger partial charge in [0.25, 0.3) is 0 Å². The Kier molecular flexibility index (Phi) is 6.99. The molecule has 4 rings (SSSR count). The molecular weight excluding hydrogens is 457 g/mol. The number of rotatable bonds is 8. The van der Waals surface area contributed by atoms with Crippen LogP contribution in [-0.2, 0) is 33.2 Å². The van der Waals surface area contributed by atoms with E-state index in [1.54, 1.807) is 42.9 Å². The minimum atomic E-state index is -1.22. The van der Waals surface area contributed by atoms with Crippen LogP contribution in [0, 0.1) is 0 Å². The van der Waals surface area contributed by atoms with Gasteiger partial charge in [-0.3, -0.25) is 4.21 Å². The topological polar surface area (TPSA) is 79.4 Å². The van der Waals surface area contributed by atoms with Gasteiger partial charge < -0.3 is 19.8 Å². The van der Waals surface area contributed by atoms with Gasteiger partial charge in [0.15, 0.2) is 5.79 Å². The second-order valence-electron chi connectivity index (χ2n) is 7.51. The molecule has 164 valence electrons. The SMILES string of the molecule is Nc1ccc(S(=O)CC2COC(CCc3ccc(Cl)cc3Cl)(Cn3ccnc3)O2)cc1. The van der Waals surface area contributed by atoms with Crippen molar-refractivity contribution in [3.63, 3.8) is 0 Å². The van der Waals surface area contributed by atoms with Crippen LogP contribution < -0.4 is 5.73 Å². The molecule has 2 aromatic carbocycles. The molecule has 0 amide bonds. The van der Waals surface area contributed by atoms with Gasteiger partial charge in [-0.1, -0.05) is 29.3 Å². The summed E-state index contributed by atoms with van der Waals surface area (Å²) in [5.41, 5.74) is 7.33. The summed E-state index contributed by atoms with van der Waals surface area (Å²) in [5.74, 6) is -0.517. The lowest BCUT2D eigenvalue weighted by Gasteiger charge is -2.29. The zero-order valence-electron chi connectivity index (χ0n) is 16.7. The van der Waals surface area contributed by atoms with E-state index in [1.807, 2.05) is 22.9 Å². The fourth-order valence-electron chi connectivity index (χ4n) is 3.58. The van der Waals surface area contributed by atoms with Crippen molar-refractivity contribution in [3.8, 4) is 0 Å². The van der Waals surface area contributed by atoms with Crippen molar-refractivity contribution in [1.82, 2.24) is 9.55 Å². The van der Waals surface area contributed by atoms with E-state index in [0.717, 1.165) is 10.5 Å². The molecule has 2 N–H and O–H groups in total. The first-order valence-corrected chi connectivity index (χ1v) is 12.0. The lowest BCUT2D eigenvalue weighted by molar-refractivity contribution is -0.180. The molecule has 3 atom stereocenters. The first kappa shape index (κ1) is 22.3. The predicted octanol–water partition coefficient (Wildman–Crippen LogP) is 4.32. The first-order valence-electron chi connectivity index (χ1n) is 9.88. The highest BCUT2D eigenvalue weighted by atomic mass is 35.5. The van der Waals surface area contributed by atoms with Crippen LogP contribution in [0.1, 0.15) is 12.0 Å². The molecule has 0 spiro atoms. The summed E-state index contributed by atoms with van der Waals surface area (Å²) in [7, 11) is -1.22. The van der Waals surface area contributed by atoms with E-state index < -0.39 is 16.6 Å². The van der Waals surface area contributed by atoms with Crippen LogP contribution in [0.4, 0.5) is 5.69 Å². The van der Waals surface area contributed by atoms with Gasteiger partial charge in [-0.25, -0.2) is 4.98 Å². The van der Waals surface area contributed by atoms with Gasteiger partial charge in [-0.2, -0.15) is 0 Å². The molecule has 6 nitrogen and oxygen atoms in total. The molecule has 9 heteroatoms. The number of hydrogen-bond acceptors (Lipinski definition) is 5. The summed E-state index contributed by atoms with van der Waals surface area (Å²) < 4.78 is 27.2. The second kappa shape index (κ2) is 9.71. The quantitative estimate of drug-likeness (QED) is 0.486. The molecule has 31 heavy (non-hydrogen) atoms. The lowest BCUT2D eigenvalue weighted by atomic mass is 10.0. The van der Waals surface area contributed by atoms with Crippen molar-refractivity contribution in [2.24, 2.45) is 0 Å². The van der Waals surface area contributed by atoms with Gasteiger partial charge in [0.1, 0.15) is 0 Å². The number of ether oxygens (including phenoxy) is 2. The zero-order chi connectivity index (χ0) is 21.8. The Hall–Kier alpha value is -1.90. The van der Waals surface area contributed by atoms with Crippen LogP contribution in [-0.4, -0.2) is 38.0 Å². The Balaban J connectivity index is 1.46. The van der Waals surface area contributed by atoms with Crippen molar-refractivity contribution in [1.29, 1.82) is 0 Å². The third kappa shape index (κ3) is 5.67. The Bertz CT molecular complexity index is 1050. The minimum absolute atomic E-state index is 0.289. The highest BCUT2D eigenvalue weighted by Crippen LogP contribution is 2.33. The summed E-state index contributed by atoms with van der Waals surface area (Å²) in [6.07, 6.45) is 6.25. The molecule has 0 bridgehead atoms. The van der Waals surface area contributed by atoms with Crippen molar-refractivity contribution >= 4 is 39.7 Å². The molecule has 1 aliphatic rings. The van der Waals surface area contributed by atoms with E-state index in [2.05, 4.69) is 4.98 Å². The van der Waals surface area contributed by atoms with Crippen LogP contribution >= 0.6 is 23.2 Å². The van der Waals surface area contributed by atoms with Crippen molar-refractivity contribution in [2.75, 3.05) is 18.1 Å². The fraction of sp³-hybridized carbons (Fsp3) is 0.318. The maximum atomic E-state index is 12.8. The molecule has 1 saturated heterocycles. The number of benzene rings is 2. The standard InChI is InChI=1S/C22H23Cl2N3O3S/c23-17-2-1-16(21(24)11-17)7-8-22(14-27-10-9-26-15-27)29-12-19(30-22)13-31(28)20-5-3-18(25)4-6-20/h1-6,9-11,15,19H,7-8,12-14,25H2. The smallest absolute Gasteiger partial charge is 0.187 e. The van der Waals surface area contributed by atoms with Crippen LogP contribution in [0.3, 0.4) is 0 Å². The van der Waals surface area contributed by atoms with Crippen LogP contribution in [0.15, 0.2) is 66.1 Å². The summed E-state index contributed by atoms with van der Waals surface area (Å²) in [5, 5.41) is 1.21. The Morgan fingerprint density at radius 2 is 2.03 bits per heavy atom. The van der Waals surface area contributed by atoms with Gasteiger partial charge in [-0.05, 0) is 48.4 Å². The molecule has 1 fully saturated rings. The van der Waals surface area contributed by atoms with Crippen LogP contribution in [0.2, 0.25) is 10.0 Å². The number of nitrogen functional groups attached to an aromatic ring is 1. The highest BCUT2D eigenvalue weighted by Gasteiger charge is 2.42. The number of halogens is 2. The van der Waals surface area contributed by atoms with Gasteiger partial charge in [0, 0.05) is 39.4 Å². The number of imidazole rings is 1. The lowest BCUT2D eigenvalue weighted by Crippen LogP contribution is -2.37. The molecule has 0 radical (unpaired) electrons. The molecular formula is C22H23Cl2N3O3S. The zero-order valence-corrected chi connectivity index (χ0v) is 19.1. The average molecular weight is 480 g/mol. The summed E-state index contributed by atoms with van der Waals surface area (Å²) in [6.45, 7) is 0.840. The number of nitrogens with zero attached hydrogens (tertiary/aromatic N) is 2. The summed E-state index contributed by atoms with van der Waals surface area (Å²) in [4.78, 5) is 4.83. The molecule has 3 unspecified atom stereocenters. The molecule has 2 heterocycles. The van der Waals surface area contributed by atoms with Crippen molar-refractivity contribution in [3.05, 3.63) is 76.8 Å². The number of hydrogen-bond donors (Lipinski definition) is 1. The summed E-state index contributed by atoms with van der Waals surface area (Å²) in [6, 6.07) is 12.5. The fourth-order valence-corrected chi connectivity index (χ4v) is 5.22. The number of aromatic nitrogens is 2. The summed E-state index contributed by atoms with van der Waals surface area (Å²) >= 11 is 12.4. The number of aryl methyl sites for hydroxylation is 1. The monoisotopic (exact) mass is 479 g/mol. The van der Waals surface area contributed by atoms with Gasteiger partial charge in [0.05, 0.1) is 42.1 Å². The van der Waals surface area contributed by atoms with E-state index in [4.69, 9.17) is 38.4 Å². The Labute approximate surface area is 193 Å². The Morgan fingerprint density at radius 3 is 2.74 bits per heavy atom. The Morgan fingerprint density at radius 1 is 1.23 bits per heavy atom. The molecule has 3 aromatic rings. The van der Waals surface area contributed by atoms with E-state index >= 15 is 0 Å². The molecule has 1 aromatic heterocycles. The number of anilines is 1. The van der Waals surface area contributed by atoms with Gasteiger partial charge in [-0.15, -0.1) is 0 Å². The molecule has 1 aliphatic heterocycles. The highest BCUT2D eigenvalue weighted by molar-refractivity contribution is 7.85. The van der Waals surface area contributed by atoms with Gasteiger partial charge in [0.2, 0.25) is 0 Å². The molecule has 0 aliphatic carbocycles. The first-order chi connectivity index (χ1) is 14.9. The van der Waals surface area contributed by atoms with Crippen LogP contribution in [0.25, 0.3) is 0 Å². The van der Waals surface area contributed by atoms with E-state index in [9.17, 15) is 4.21 Å². The average Bonchev–Trinajstić information content (AvgIpc) is 3.38. The maximum Gasteiger partial charge on any atom is 0.187 e. The number of nitrogens with two attached hydrogens (primary N) is 1.